The number of benzene rings is 7. The van der Waals surface area contributed by atoms with Crippen LogP contribution in [-0.2, 0) is 20.2 Å². The number of ether oxygens (including phenoxy) is 2. The Labute approximate surface area is 461 Å². The third-order valence-electron chi connectivity index (χ3n) is 11.0. The van der Waals surface area contributed by atoms with Crippen LogP contribution in [0.25, 0.3) is 21.5 Å². The van der Waals surface area contributed by atoms with Crippen molar-refractivity contribution in [1.29, 1.82) is 0 Å². The number of aliphatic imine (C=N–C) groups is 2. The molecule has 2 heterocycles. The third-order valence-corrected chi connectivity index (χ3v) is 13.2. The number of H-pyrrole nitrogens is 4. The molecule has 0 aliphatic carbocycles. The van der Waals surface area contributed by atoms with E-state index in [4.69, 9.17) is 32.7 Å². The van der Waals surface area contributed by atoms with Crippen LogP contribution in [0.4, 0.5) is 56.9 Å². The van der Waals surface area contributed by atoms with Gasteiger partial charge in [-0.1, -0.05) is 48.5 Å². The predicted molar refractivity (Wildman–Crippen MR) is 296 cm³/mol. The number of fused-ring (bicyclic) bond motifs is 2. The first-order valence-corrected chi connectivity index (χ1v) is 26.6. The van der Waals surface area contributed by atoms with Crippen molar-refractivity contribution in [2.45, 2.75) is 23.6 Å². The molecule has 8 N–H and O–H groups in total. The molecule has 0 spiro atoms. The van der Waals surface area contributed by atoms with E-state index in [1.807, 2.05) is 0 Å². The van der Waals surface area contributed by atoms with Crippen molar-refractivity contribution in [3.05, 3.63) is 154 Å². The molecule has 0 saturated carbocycles. The molecule has 0 radical (unpaired) electrons. The molecule has 0 fully saturated rings. The van der Waals surface area contributed by atoms with Gasteiger partial charge in [-0.3, -0.25) is 19.1 Å². The quantitative estimate of drug-likeness (QED) is 0.0218. The van der Waals surface area contributed by atoms with Crippen molar-refractivity contribution in [3.63, 3.8) is 0 Å². The van der Waals surface area contributed by atoms with E-state index in [1.54, 1.807) is 60.7 Å². The Morgan fingerprint density at radius 1 is 0.475 bits per heavy atom. The molecule has 0 aliphatic rings. The first kappa shape index (κ1) is 55.2. The molecule has 30 heteroatoms. The van der Waals surface area contributed by atoms with E-state index in [0.29, 0.717) is 10.8 Å². The van der Waals surface area contributed by atoms with E-state index in [2.05, 4.69) is 80.3 Å². The average molecular weight is 1160 g/mol. The maximum absolute atomic E-state index is 12.1. The normalized spacial score (nSPS) is 13.7. The number of nitrogens with one attached hydrogen (secondary N) is 4. The smallest absolute Gasteiger partial charge is 0.295 e. The minimum atomic E-state index is -4.54. The van der Waals surface area contributed by atoms with E-state index in [0.717, 1.165) is 0 Å². The predicted octanol–water partition coefficient (Wildman–Crippen LogP) is 10.9. The Morgan fingerprint density at radius 2 is 0.887 bits per heavy atom. The Morgan fingerprint density at radius 3 is 1.26 bits per heavy atom. The second-order valence-electron chi connectivity index (χ2n) is 16.6. The molecular weight excluding hydrogens is 1120 g/mol. The van der Waals surface area contributed by atoms with Crippen molar-refractivity contribution >= 4 is 134 Å². The van der Waals surface area contributed by atoms with Crippen LogP contribution in [0.5, 0.6) is 11.5 Å². The standard InChI is InChI=1S/C50H40Cl2N16O10S2/c1-25(69)53-35-21-39(67-65-29-17-15-27-9-7-13-43(31(27)19-29)79(71,72)73)41(77-3)23-37(35)57-49-61-45(51)59-47(63-49)55-33-11-5-6-12-34(33)56-48-60-46(52)62-50(64-48)58-38-24-42(78-4)40(22-36(38)54-26(2)70)68-66-30-18-16-28-10-8-14-44(32(28)20-30)80(74,75)76/h5-24H,1-4H3,(H,53,69)(H,54,70)(H,71,72,73)(H,74,75,76)(H2,55,57,59,61,63)(H2,56,58,60,62,64). The van der Waals surface area contributed by atoms with E-state index in [9.17, 15) is 36.2 Å². The summed E-state index contributed by atoms with van der Waals surface area (Å²) in [5, 5.41) is 39.0. The monoisotopic (exact) mass is 1160 g/mol. The number of para-hydroxylation sites is 2. The van der Waals surface area contributed by atoms with Gasteiger partial charge in [0.05, 0.1) is 59.7 Å². The van der Waals surface area contributed by atoms with Gasteiger partial charge in [-0.25, -0.2) is 30.0 Å². The molecular formula is C50H40Cl2N16O10S2. The molecule has 26 nitrogen and oxygen atoms in total. The highest BCUT2D eigenvalue weighted by Crippen LogP contribution is 2.42. The first-order valence-electron chi connectivity index (χ1n) is 23.0. The summed E-state index contributed by atoms with van der Waals surface area (Å²) in [5.41, 5.74) is 1.85. The molecule has 0 amide bonds. The number of halogens is 2. The number of rotatable bonds is 14. The summed E-state index contributed by atoms with van der Waals surface area (Å²) in [5.74, 6) is -0.295. The van der Waals surface area contributed by atoms with Crippen LogP contribution in [0, 0.1) is 0 Å². The van der Waals surface area contributed by atoms with E-state index in [1.165, 1.54) is 88.7 Å². The third kappa shape index (κ3) is 13.2. The molecule has 7 aromatic carbocycles. The Bertz CT molecular complexity index is 4330. The highest BCUT2D eigenvalue weighted by Gasteiger charge is 2.17. The number of hydrogen-bond donors (Lipinski definition) is 8. The van der Waals surface area contributed by atoms with Gasteiger partial charge in [-0.15, -0.1) is 10.2 Å². The molecule has 0 atom stereocenters. The zero-order valence-corrected chi connectivity index (χ0v) is 44.9. The maximum Gasteiger partial charge on any atom is 0.295 e. The average Bonchev–Trinajstić information content (AvgIpc) is 3.41. The Kier molecular flexibility index (Phi) is 16.0. The fraction of sp³-hybridized carbons (Fsp3) is 0.0800. The summed E-state index contributed by atoms with van der Waals surface area (Å²) in [6.07, 6.45) is 0. The lowest BCUT2D eigenvalue weighted by Gasteiger charge is -2.08. The first-order chi connectivity index (χ1) is 38.2. The van der Waals surface area contributed by atoms with Gasteiger partial charge in [0.15, 0.2) is 11.8 Å². The van der Waals surface area contributed by atoms with E-state index < -0.39 is 20.2 Å². The van der Waals surface area contributed by atoms with Crippen molar-refractivity contribution in [2.75, 3.05) is 14.2 Å². The number of azo groups is 2. The molecule has 9 rings (SSSR count). The van der Waals surface area contributed by atoms with Gasteiger partial charge in [0, 0.05) is 36.8 Å². The summed E-state index contributed by atoms with van der Waals surface area (Å²) in [7, 11) is -6.30. The topological polar surface area (TPSA) is 380 Å². The van der Waals surface area contributed by atoms with Crippen molar-refractivity contribution in [3.8, 4) is 11.5 Å². The lowest BCUT2D eigenvalue weighted by molar-refractivity contribution is 0.416. The fourth-order valence-corrected chi connectivity index (χ4v) is 9.40. The van der Waals surface area contributed by atoms with Crippen LogP contribution < -0.4 is 31.9 Å². The van der Waals surface area contributed by atoms with E-state index >= 15 is 0 Å². The number of aromatic nitrogens is 6. The number of methoxy groups -OCH3 is 2. The molecule has 0 unspecified atom stereocenters. The second-order valence-corrected chi connectivity index (χ2v) is 20.1. The maximum atomic E-state index is 12.1. The minimum Gasteiger partial charge on any atom is -0.497 e. The number of aliphatic hydroxyl groups excluding tert-OH is 2. The van der Waals surface area contributed by atoms with Crippen LogP contribution in [0.2, 0.25) is 10.6 Å². The number of nitrogens with zero attached hydrogens (tertiary/aromatic N) is 12. The number of aromatic amines is 4. The van der Waals surface area contributed by atoms with Crippen molar-refractivity contribution in [1.82, 2.24) is 29.9 Å². The van der Waals surface area contributed by atoms with Crippen molar-refractivity contribution in [2.24, 2.45) is 50.4 Å². The van der Waals surface area contributed by atoms with E-state index in [-0.39, 0.29) is 134 Å². The Hall–Kier alpha value is -9.58. The summed E-state index contributed by atoms with van der Waals surface area (Å²) >= 11 is 12.9. The summed E-state index contributed by atoms with van der Waals surface area (Å²) in [6.45, 7) is 2.71. The van der Waals surface area contributed by atoms with Gasteiger partial charge in [-0.05, 0) is 94.6 Å². The molecule has 0 saturated heterocycles. The lowest BCUT2D eigenvalue weighted by Crippen LogP contribution is -2.27. The zero-order valence-electron chi connectivity index (χ0n) is 41.7. The summed E-state index contributed by atoms with van der Waals surface area (Å²) in [4.78, 5) is 46.5. The van der Waals surface area contributed by atoms with Gasteiger partial charge in [0.2, 0.25) is 33.0 Å². The van der Waals surface area contributed by atoms with Gasteiger partial charge < -0.3 is 29.7 Å². The van der Waals surface area contributed by atoms with Gasteiger partial charge in [-0.2, -0.15) is 37.0 Å². The fourth-order valence-electron chi connectivity index (χ4n) is 7.65. The molecule has 2 aromatic heterocycles. The summed E-state index contributed by atoms with van der Waals surface area (Å²) < 4.78 is 79.1. The molecule has 0 bridgehead atoms. The molecule has 80 heavy (non-hydrogen) atoms. The SMILES string of the molecule is COc1cc(N=c2[nH]c(Cl)nc(=Nc3ccccc3N=c3nc(Cl)[nH]c(=Nc4cc(OC)c(N=Nc5ccc6cccc(S(=O)(=O)O)c6c5)cc4N=C(C)O)[nH]3)[nH]2)c(N=C(C)O)cc1N=Nc1ccc2cccc(S(=O)(=O)O)c2c1. The van der Waals surface area contributed by atoms with Crippen LogP contribution >= 0.6 is 23.2 Å². The minimum absolute atomic E-state index is 0.0219. The summed E-state index contributed by atoms with van der Waals surface area (Å²) in [6, 6.07) is 30.8. The van der Waals surface area contributed by atoms with Gasteiger partial charge in [0.25, 0.3) is 20.2 Å². The van der Waals surface area contributed by atoms with Crippen LogP contribution in [-0.4, -0.2) is 92.1 Å². The molecule has 0 aliphatic heterocycles. The molecule has 406 valence electrons. The van der Waals surface area contributed by atoms with Crippen LogP contribution in [0.1, 0.15) is 13.8 Å². The second kappa shape index (κ2) is 23.2. The number of hydrogen-bond acceptors (Lipinski definition) is 18. The Balaban J connectivity index is 1.05. The zero-order chi connectivity index (χ0) is 56.9. The van der Waals surface area contributed by atoms with Gasteiger partial charge in [0.1, 0.15) is 32.7 Å². The highest BCUT2D eigenvalue weighted by molar-refractivity contribution is 7.86. The van der Waals surface area contributed by atoms with Gasteiger partial charge >= 0.3 is 0 Å². The highest BCUT2D eigenvalue weighted by atomic mass is 35.5. The van der Waals surface area contributed by atoms with Crippen LogP contribution in [0.3, 0.4) is 0 Å². The number of aliphatic hydroxyl groups is 2. The lowest BCUT2D eigenvalue weighted by atomic mass is 10.1. The molecule has 9 aromatic rings. The van der Waals surface area contributed by atoms with Crippen LogP contribution in [0.15, 0.2) is 182 Å². The van der Waals surface area contributed by atoms with Crippen molar-refractivity contribution < 1.29 is 45.6 Å². The largest absolute Gasteiger partial charge is 0.497 e.